The second kappa shape index (κ2) is 6.51. The molecule has 2 rings (SSSR count). The van der Waals surface area contributed by atoms with Crippen LogP contribution < -0.4 is 10.1 Å². The summed E-state index contributed by atoms with van der Waals surface area (Å²) < 4.78 is 8.27. The van der Waals surface area contributed by atoms with Crippen LogP contribution in [0.1, 0.15) is 12.7 Å². The molecule has 0 aliphatic rings. The molecule has 1 heterocycles. The number of carbonyl (C=O) groups is 1. The number of hydrogen-bond donors (Lipinski definition) is 1. The van der Waals surface area contributed by atoms with Gasteiger partial charge in [-0.1, -0.05) is 15.9 Å². The molecule has 106 valence electrons. The molecule has 0 saturated carbocycles. The molecule has 7 heteroatoms. The van der Waals surface area contributed by atoms with E-state index in [1.807, 2.05) is 19.2 Å². The molecule has 0 unspecified atom stereocenters. The van der Waals surface area contributed by atoms with Crippen LogP contribution in [0, 0.1) is 0 Å². The van der Waals surface area contributed by atoms with Crippen molar-refractivity contribution in [3.63, 3.8) is 0 Å². The van der Waals surface area contributed by atoms with Crippen LogP contribution in [0.25, 0.3) is 0 Å². The van der Waals surface area contributed by atoms with Crippen molar-refractivity contribution in [3.05, 3.63) is 40.9 Å². The Morgan fingerprint density at radius 1 is 1.45 bits per heavy atom. The predicted octanol–water partition coefficient (Wildman–Crippen LogP) is 1.66. The molecule has 2 aromatic rings. The number of ether oxygens (including phenoxy) is 1. The number of nitrogens with zero attached hydrogens (tertiary/aromatic N) is 3. The number of nitrogens with one attached hydrogen (secondary N) is 1. The molecule has 0 saturated heterocycles. The minimum atomic E-state index is -0.579. The maximum atomic E-state index is 11.9. The zero-order valence-electron chi connectivity index (χ0n) is 11.2. The molecule has 1 amide bonds. The van der Waals surface area contributed by atoms with E-state index in [9.17, 15) is 4.79 Å². The van der Waals surface area contributed by atoms with Crippen LogP contribution in [0.4, 0.5) is 0 Å². The zero-order valence-corrected chi connectivity index (χ0v) is 12.8. The Morgan fingerprint density at radius 2 is 2.15 bits per heavy atom. The molecule has 20 heavy (non-hydrogen) atoms. The topological polar surface area (TPSA) is 69.0 Å². The lowest BCUT2D eigenvalue weighted by atomic mass is 10.3. The van der Waals surface area contributed by atoms with Gasteiger partial charge in [0.15, 0.2) is 11.9 Å². The Balaban J connectivity index is 1.86. The van der Waals surface area contributed by atoms with Crippen LogP contribution in [-0.4, -0.2) is 26.8 Å². The number of halogens is 1. The van der Waals surface area contributed by atoms with Crippen LogP contribution in [0.15, 0.2) is 35.1 Å². The van der Waals surface area contributed by atoms with E-state index in [0.717, 1.165) is 4.47 Å². The Bertz CT molecular complexity index is 582. The number of hydrogen-bond acceptors (Lipinski definition) is 4. The first-order valence-electron chi connectivity index (χ1n) is 6.09. The van der Waals surface area contributed by atoms with Crippen molar-refractivity contribution in [2.24, 2.45) is 7.05 Å². The maximum absolute atomic E-state index is 11.9. The number of amides is 1. The monoisotopic (exact) mass is 338 g/mol. The molecule has 0 spiro atoms. The van der Waals surface area contributed by atoms with Crippen molar-refractivity contribution in [1.29, 1.82) is 0 Å². The molecule has 0 radical (unpaired) electrons. The molecule has 1 N–H and O–H groups in total. The average molecular weight is 339 g/mol. The third-order valence-corrected chi connectivity index (χ3v) is 3.25. The molecule has 6 nitrogen and oxygen atoms in total. The number of carbonyl (C=O) groups excluding carboxylic acids is 1. The van der Waals surface area contributed by atoms with Gasteiger partial charge in [0, 0.05) is 11.5 Å². The van der Waals surface area contributed by atoms with E-state index in [0.29, 0.717) is 18.1 Å². The molecule has 0 aliphatic carbocycles. The quantitative estimate of drug-likeness (QED) is 0.900. The second-order valence-electron chi connectivity index (χ2n) is 4.29. The summed E-state index contributed by atoms with van der Waals surface area (Å²) in [6.07, 6.45) is 1.01. The zero-order chi connectivity index (χ0) is 14.5. The van der Waals surface area contributed by atoms with E-state index < -0.39 is 6.10 Å². The molecule has 1 atom stereocenters. The van der Waals surface area contributed by atoms with Crippen molar-refractivity contribution in [2.75, 3.05) is 0 Å². The normalized spacial score (nSPS) is 11.9. The fourth-order valence-corrected chi connectivity index (χ4v) is 1.81. The maximum Gasteiger partial charge on any atom is 0.261 e. The Kier molecular flexibility index (Phi) is 4.73. The molecule has 1 aromatic heterocycles. The summed E-state index contributed by atoms with van der Waals surface area (Å²) in [5.41, 5.74) is 0. The van der Waals surface area contributed by atoms with Crippen molar-refractivity contribution >= 4 is 21.8 Å². The molecule has 0 bridgehead atoms. The third-order valence-electron chi connectivity index (χ3n) is 2.72. The predicted molar refractivity (Wildman–Crippen MR) is 77.1 cm³/mol. The van der Waals surface area contributed by atoms with Crippen LogP contribution in [0.5, 0.6) is 5.75 Å². The summed E-state index contributed by atoms with van der Waals surface area (Å²) in [6, 6.07) is 7.33. The minimum absolute atomic E-state index is 0.198. The summed E-state index contributed by atoms with van der Waals surface area (Å²) >= 11 is 3.34. The largest absolute Gasteiger partial charge is 0.481 e. The third kappa shape index (κ3) is 3.80. The lowest BCUT2D eigenvalue weighted by Gasteiger charge is -2.14. The summed E-state index contributed by atoms with van der Waals surface area (Å²) in [5, 5.41) is 10.4. The molecular formula is C13H15BrN4O2. The van der Waals surface area contributed by atoms with Gasteiger partial charge in [-0.2, -0.15) is 0 Å². The highest BCUT2D eigenvalue weighted by Gasteiger charge is 2.15. The van der Waals surface area contributed by atoms with Gasteiger partial charge in [-0.25, -0.2) is 0 Å². The first kappa shape index (κ1) is 14.5. The molecular weight excluding hydrogens is 324 g/mol. The van der Waals surface area contributed by atoms with Gasteiger partial charge in [-0.3, -0.25) is 4.79 Å². The number of rotatable bonds is 5. The smallest absolute Gasteiger partial charge is 0.261 e. The summed E-state index contributed by atoms with van der Waals surface area (Å²) in [7, 11) is 1.82. The lowest BCUT2D eigenvalue weighted by Crippen LogP contribution is -2.36. The van der Waals surface area contributed by atoms with Crippen molar-refractivity contribution < 1.29 is 9.53 Å². The van der Waals surface area contributed by atoms with Crippen LogP contribution in [0.2, 0.25) is 0 Å². The van der Waals surface area contributed by atoms with E-state index in [1.165, 1.54) is 0 Å². The summed E-state index contributed by atoms with van der Waals surface area (Å²) in [6.45, 7) is 2.03. The van der Waals surface area contributed by atoms with E-state index in [1.54, 1.807) is 30.0 Å². The van der Waals surface area contributed by atoms with Gasteiger partial charge in [-0.15, -0.1) is 10.2 Å². The Hall–Kier alpha value is -1.89. The van der Waals surface area contributed by atoms with Gasteiger partial charge in [0.25, 0.3) is 5.91 Å². The van der Waals surface area contributed by atoms with E-state index in [4.69, 9.17) is 4.74 Å². The SMILES string of the molecule is C[C@H](Oc1ccc(Br)cc1)C(=O)NCc1nncn1C. The standard InChI is InChI=1S/C13H15BrN4O2/c1-9(20-11-5-3-10(14)4-6-11)13(19)15-7-12-17-16-8-18(12)2/h3-6,8-9H,7H2,1-2H3,(H,15,19)/t9-/m0/s1. The highest BCUT2D eigenvalue weighted by molar-refractivity contribution is 9.10. The van der Waals surface area contributed by atoms with Gasteiger partial charge < -0.3 is 14.6 Å². The Morgan fingerprint density at radius 3 is 2.75 bits per heavy atom. The average Bonchev–Trinajstić information content (AvgIpc) is 2.84. The molecule has 0 aliphatic heterocycles. The minimum Gasteiger partial charge on any atom is -0.481 e. The van der Waals surface area contributed by atoms with Gasteiger partial charge in [0.05, 0.1) is 6.54 Å². The second-order valence-corrected chi connectivity index (χ2v) is 5.21. The van der Waals surface area contributed by atoms with E-state index >= 15 is 0 Å². The van der Waals surface area contributed by atoms with Crippen LogP contribution in [0.3, 0.4) is 0 Å². The fourth-order valence-electron chi connectivity index (χ4n) is 1.55. The van der Waals surface area contributed by atoms with Gasteiger partial charge >= 0.3 is 0 Å². The van der Waals surface area contributed by atoms with Crippen LogP contribution in [-0.2, 0) is 18.4 Å². The number of benzene rings is 1. The van der Waals surface area contributed by atoms with Crippen molar-refractivity contribution in [1.82, 2.24) is 20.1 Å². The molecule has 1 aromatic carbocycles. The van der Waals surface area contributed by atoms with E-state index in [-0.39, 0.29) is 5.91 Å². The van der Waals surface area contributed by atoms with Crippen molar-refractivity contribution in [3.8, 4) is 5.75 Å². The first-order chi connectivity index (χ1) is 9.56. The van der Waals surface area contributed by atoms with Gasteiger partial charge in [0.2, 0.25) is 0 Å². The molecule has 0 fully saturated rings. The lowest BCUT2D eigenvalue weighted by molar-refractivity contribution is -0.127. The highest BCUT2D eigenvalue weighted by Crippen LogP contribution is 2.17. The summed E-state index contributed by atoms with van der Waals surface area (Å²) in [4.78, 5) is 11.9. The highest BCUT2D eigenvalue weighted by atomic mass is 79.9. The summed E-state index contributed by atoms with van der Waals surface area (Å²) in [5.74, 6) is 1.14. The first-order valence-corrected chi connectivity index (χ1v) is 6.88. The van der Waals surface area contributed by atoms with Crippen molar-refractivity contribution in [2.45, 2.75) is 19.6 Å². The van der Waals surface area contributed by atoms with Gasteiger partial charge in [-0.05, 0) is 31.2 Å². The number of aromatic nitrogens is 3. The number of aryl methyl sites for hydroxylation is 1. The van der Waals surface area contributed by atoms with Gasteiger partial charge in [0.1, 0.15) is 12.1 Å². The van der Waals surface area contributed by atoms with Crippen LogP contribution >= 0.6 is 15.9 Å². The fraction of sp³-hybridized carbons (Fsp3) is 0.308. The van der Waals surface area contributed by atoms with E-state index in [2.05, 4.69) is 31.4 Å². The Labute approximate surface area is 125 Å².